The fourth-order valence-electron chi connectivity index (χ4n) is 3.21. The molecular formula is C21H21ClN6O2S. The van der Waals surface area contributed by atoms with Crippen molar-refractivity contribution in [2.24, 2.45) is 5.92 Å². The van der Waals surface area contributed by atoms with Crippen molar-refractivity contribution < 1.29 is 4.79 Å². The van der Waals surface area contributed by atoms with Gasteiger partial charge in [0, 0.05) is 12.7 Å². The number of halogens is 1. The number of hydrogen-bond donors (Lipinski definition) is 1. The Morgan fingerprint density at radius 3 is 2.77 bits per heavy atom. The second kappa shape index (κ2) is 9.07. The molecule has 1 N–H and O–H groups in total. The molecule has 0 saturated carbocycles. The van der Waals surface area contributed by atoms with Gasteiger partial charge in [0.2, 0.25) is 11.7 Å². The molecule has 0 saturated heterocycles. The number of para-hydroxylation sites is 1. The summed E-state index contributed by atoms with van der Waals surface area (Å²) in [4.78, 5) is 29.4. The van der Waals surface area contributed by atoms with Crippen LogP contribution in [0.3, 0.4) is 0 Å². The molecule has 0 aliphatic rings. The van der Waals surface area contributed by atoms with E-state index >= 15 is 0 Å². The van der Waals surface area contributed by atoms with Crippen molar-refractivity contribution in [3.05, 3.63) is 58.1 Å². The van der Waals surface area contributed by atoms with Crippen molar-refractivity contribution in [2.75, 3.05) is 11.1 Å². The molecule has 31 heavy (non-hydrogen) atoms. The van der Waals surface area contributed by atoms with Gasteiger partial charge in [-0.3, -0.25) is 18.6 Å². The SMILES string of the molecule is CC(C)CCn1c(=O)c2ccccc2n2c(SCC(=O)Nc3cccnc3Cl)nnc12. The van der Waals surface area contributed by atoms with Crippen molar-refractivity contribution in [1.82, 2.24) is 24.1 Å². The Labute approximate surface area is 187 Å². The molecule has 0 atom stereocenters. The number of nitrogens with one attached hydrogen (secondary N) is 1. The second-order valence-corrected chi connectivity index (χ2v) is 8.75. The van der Waals surface area contributed by atoms with Gasteiger partial charge in [-0.25, -0.2) is 4.98 Å². The fourth-order valence-corrected chi connectivity index (χ4v) is 4.12. The van der Waals surface area contributed by atoms with Gasteiger partial charge in [0.25, 0.3) is 5.56 Å². The minimum atomic E-state index is -0.242. The van der Waals surface area contributed by atoms with E-state index in [9.17, 15) is 9.59 Å². The molecule has 0 aliphatic heterocycles. The zero-order valence-corrected chi connectivity index (χ0v) is 18.7. The first-order valence-electron chi connectivity index (χ1n) is 9.85. The number of aromatic nitrogens is 5. The Balaban J connectivity index is 1.67. The molecule has 3 heterocycles. The molecule has 1 aromatic carbocycles. The number of carbonyl (C=O) groups excluding carboxylic acids is 1. The number of rotatable bonds is 7. The molecule has 160 valence electrons. The monoisotopic (exact) mass is 456 g/mol. The Bertz CT molecular complexity index is 1320. The quantitative estimate of drug-likeness (QED) is 0.335. The van der Waals surface area contributed by atoms with Crippen LogP contribution in [0, 0.1) is 5.92 Å². The summed E-state index contributed by atoms with van der Waals surface area (Å²) in [6, 6.07) is 10.7. The van der Waals surface area contributed by atoms with E-state index in [-0.39, 0.29) is 22.4 Å². The highest BCUT2D eigenvalue weighted by atomic mass is 35.5. The third-order valence-corrected chi connectivity index (χ3v) is 6.00. The number of benzene rings is 1. The van der Waals surface area contributed by atoms with E-state index in [1.807, 2.05) is 22.6 Å². The molecule has 0 unspecified atom stereocenters. The summed E-state index contributed by atoms with van der Waals surface area (Å²) in [5, 5.41) is 12.6. The van der Waals surface area contributed by atoms with E-state index < -0.39 is 0 Å². The van der Waals surface area contributed by atoms with Crippen LogP contribution in [0.1, 0.15) is 20.3 Å². The lowest BCUT2D eigenvalue weighted by Crippen LogP contribution is -2.24. The second-order valence-electron chi connectivity index (χ2n) is 7.45. The summed E-state index contributed by atoms with van der Waals surface area (Å²) >= 11 is 7.25. The number of fused-ring (bicyclic) bond motifs is 3. The number of hydrogen-bond acceptors (Lipinski definition) is 6. The maximum Gasteiger partial charge on any atom is 0.262 e. The molecule has 4 aromatic rings. The van der Waals surface area contributed by atoms with Gasteiger partial charge < -0.3 is 5.32 Å². The van der Waals surface area contributed by atoms with E-state index in [0.29, 0.717) is 40.0 Å². The lowest BCUT2D eigenvalue weighted by molar-refractivity contribution is -0.113. The van der Waals surface area contributed by atoms with Crippen LogP contribution < -0.4 is 10.9 Å². The Hall–Kier alpha value is -2.91. The highest BCUT2D eigenvalue weighted by Crippen LogP contribution is 2.23. The van der Waals surface area contributed by atoms with Gasteiger partial charge in [-0.05, 0) is 36.6 Å². The summed E-state index contributed by atoms with van der Waals surface area (Å²) < 4.78 is 3.50. The number of amides is 1. The Kier molecular flexibility index (Phi) is 6.24. The zero-order valence-electron chi connectivity index (χ0n) is 17.1. The summed E-state index contributed by atoms with van der Waals surface area (Å²) in [5.74, 6) is 0.778. The predicted molar refractivity (Wildman–Crippen MR) is 123 cm³/mol. The first-order valence-corrected chi connectivity index (χ1v) is 11.2. The lowest BCUT2D eigenvalue weighted by Gasteiger charge is -2.12. The molecule has 4 rings (SSSR count). The summed E-state index contributed by atoms with van der Waals surface area (Å²) in [6.07, 6.45) is 2.40. The Morgan fingerprint density at radius 2 is 2.00 bits per heavy atom. The van der Waals surface area contributed by atoms with Gasteiger partial charge in [0.15, 0.2) is 10.3 Å². The average molecular weight is 457 g/mol. The highest BCUT2D eigenvalue weighted by molar-refractivity contribution is 7.99. The fraction of sp³-hybridized carbons (Fsp3) is 0.286. The van der Waals surface area contributed by atoms with Gasteiger partial charge in [0.05, 0.1) is 22.3 Å². The van der Waals surface area contributed by atoms with Crippen molar-refractivity contribution in [2.45, 2.75) is 32.0 Å². The maximum absolute atomic E-state index is 13.1. The van der Waals surface area contributed by atoms with Crippen LogP contribution in [0.4, 0.5) is 5.69 Å². The van der Waals surface area contributed by atoms with Gasteiger partial charge in [-0.15, -0.1) is 10.2 Å². The van der Waals surface area contributed by atoms with Crippen LogP contribution in [0.25, 0.3) is 16.7 Å². The minimum absolute atomic E-state index is 0.0864. The molecule has 0 aliphatic carbocycles. The molecular weight excluding hydrogens is 436 g/mol. The first kappa shape index (κ1) is 21.3. The largest absolute Gasteiger partial charge is 0.323 e. The number of carbonyl (C=O) groups is 1. The van der Waals surface area contributed by atoms with Crippen molar-refractivity contribution >= 4 is 51.6 Å². The molecule has 0 radical (unpaired) electrons. The van der Waals surface area contributed by atoms with Gasteiger partial charge in [-0.2, -0.15) is 0 Å². The molecule has 0 bridgehead atoms. The van der Waals surface area contributed by atoms with Crippen LogP contribution in [-0.2, 0) is 11.3 Å². The van der Waals surface area contributed by atoms with E-state index in [4.69, 9.17) is 11.6 Å². The number of nitrogens with zero attached hydrogens (tertiary/aromatic N) is 5. The Morgan fingerprint density at radius 1 is 1.19 bits per heavy atom. The van der Waals surface area contributed by atoms with Crippen molar-refractivity contribution in [1.29, 1.82) is 0 Å². The number of thioether (sulfide) groups is 1. The van der Waals surface area contributed by atoms with Crippen LogP contribution in [0.15, 0.2) is 52.5 Å². The average Bonchev–Trinajstić information content (AvgIpc) is 3.17. The smallest absolute Gasteiger partial charge is 0.262 e. The number of anilines is 1. The number of aryl methyl sites for hydroxylation is 1. The van der Waals surface area contributed by atoms with Crippen LogP contribution >= 0.6 is 23.4 Å². The topological polar surface area (TPSA) is 94.2 Å². The van der Waals surface area contributed by atoms with E-state index in [0.717, 1.165) is 6.42 Å². The van der Waals surface area contributed by atoms with Crippen LogP contribution in [0.2, 0.25) is 5.15 Å². The molecule has 1 amide bonds. The predicted octanol–water partition coefficient (Wildman–Crippen LogP) is 3.87. The summed E-state index contributed by atoms with van der Waals surface area (Å²) in [5.41, 5.74) is 1.08. The standard InChI is InChI=1S/C21H21ClN6O2S/c1-13(2)9-11-27-19(30)14-6-3-4-8-16(14)28-20(27)25-26-21(28)31-12-17(29)24-15-7-5-10-23-18(15)22/h3-8,10,13H,9,11-12H2,1-2H3,(H,24,29). The summed E-state index contributed by atoms with van der Waals surface area (Å²) in [6.45, 7) is 4.77. The van der Waals surface area contributed by atoms with Crippen LogP contribution in [-0.4, -0.2) is 35.8 Å². The first-order chi connectivity index (χ1) is 15.0. The molecule has 10 heteroatoms. The summed E-state index contributed by atoms with van der Waals surface area (Å²) in [7, 11) is 0. The molecule has 0 fully saturated rings. The minimum Gasteiger partial charge on any atom is -0.323 e. The van der Waals surface area contributed by atoms with E-state index in [2.05, 4.69) is 34.3 Å². The number of pyridine rings is 1. The molecule has 8 nitrogen and oxygen atoms in total. The van der Waals surface area contributed by atoms with Crippen molar-refractivity contribution in [3.63, 3.8) is 0 Å². The zero-order chi connectivity index (χ0) is 22.0. The normalized spacial score (nSPS) is 11.5. The van der Waals surface area contributed by atoms with Gasteiger partial charge in [0.1, 0.15) is 0 Å². The third kappa shape index (κ3) is 4.42. The van der Waals surface area contributed by atoms with Gasteiger partial charge in [-0.1, -0.05) is 49.3 Å². The van der Waals surface area contributed by atoms with E-state index in [1.54, 1.807) is 29.0 Å². The maximum atomic E-state index is 13.1. The van der Waals surface area contributed by atoms with Crippen molar-refractivity contribution in [3.8, 4) is 0 Å². The molecule has 3 aromatic heterocycles. The van der Waals surface area contributed by atoms with Gasteiger partial charge >= 0.3 is 0 Å². The van der Waals surface area contributed by atoms with E-state index in [1.165, 1.54) is 11.8 Å². The van der Waals surface area contributed by atoms with Crippen LogP contribution in [0.5, 0.6) is 0 Å². The third-order valence-electron chi connectivity index (χ3n) is 4.77. The highest BCUT2D eigenvalue weighted by Gasteiger charge is 2.18. The lowest BCUT2D eigenvalue weighted by atomic mass is 10.1. The molecule has 0 spiro atoms.